The molecule has 0 atom stereocenters. The quantitative estimate of drug-likeness (QED) is 0.310. The summed E-state index contributed by atoms with van der Waals surface area (Å²) < 4.78 is 12.6. The molecule has 0 bridgehead atoms. The standard InChI is InChI=1S/C23H25ClN4O4S2/c1-4-28-20(15-11-13(24)9-10-16(15)31-3)26-27-23(28)33-12-18(29)25-21-19(22(30)32-5-2)14-7-6-8-17(14)34-21/h9-11H,4-8,12H2,1-3H3,(H,25,29). The van der Waals surface area contributed by atoms with Gasteiger partial charge >= 0.3 is 5.97 Å². The summed E-state index contributed by atoms with van der Waals surface area (Å²) >= 11 is 8.93. The van der Waals surface area contributed by atoms with Gasteiger partial charge in [0.2, 0.25) is 5.91 Å². The maximum atomic E-state index is 12.8. The molecule has 4 rings (SSSR count). The molecular weight excluding hydrogens is 496 g/mol. The maximum Gasteiger partial charge on any atom is 0.341 e. The highest BCUT2D eigenvalue weighted by molar-refractivity contribution is 7.99. The van der Waals surface area contributed by atoms with Crippen LogP contribution in [-0.2, 0) is 28.9 Å². The van der Waals surface area contributed by atoms with Crippen LogP contribution < -0.4 is 10.1 Å². The molecule has 1 amide bonds. The number of fused-ring (bicyclic) bond motifs is 1. The number of aryl methyl sites for hydroxylation is 1. The van der Waals surface area contributed by atoms with Crippen molar-refractivity contribution in [2.24, 2.45) is 0 Å². The summed E-state index contributed by atoms with van der Waals surface area (Å²) in [6.07, 6.45) is 2.77. The van der Waals surface area contributed by atoms with E-state index in [9.17, 15) is 9.59 Å². The molecule has 2 aromatic heterocycles. The largest absolute Gasteiger partial charge is 0.496 e. The molecule has 0 spiro atoms. The zero-order valence-corrected chi connectivity index (χ0v) is 21.5. The number of halogens is 1. The predicted octanol–water partition coefficient (Wildman–Crippen LogP) is 5.08. The minimum absolute atomic E-state index is 0.121. The molecule has 0 radical (unpaired) electrons. The fourth-order valence-electron chi connectivity index (χ4n) is 3.94. The highest BCUT2D eigenvalue weighted by Gasteiger charge is 2.28. The van der Waals surface area contributed by atoms with Gasteiger partial charge in [0, 0.05) is 16.4 Å². The molecule has 0 saturated carbocycles. The number of methoxy groups -OCH3 is 1. The van der Waals surface area contributed by atoms with Crippen LogP contribution in [0, 0.1) is 0 Å². The van der Waals surface area contributed by atoms with Crippen molar-refractivity contribution in [3.8, 4) is 17.1 Å². The van der Waals surface area contributed by atoms with Crippen LogP contribution in [0.1, 0.15) is 41.1 Å². The van der Waals surface area contributed by atoms with Crippen molar-refractivity contribution >= 4 is 51.6 Å². The number of hydrogen-bond donors (Lipinski definition) is 1. The number of thioether (sulfide) groups is 1. The monoisotopic (exact) mass is 520 g/mol. The van der Waals surface area contributed by atoms with E-state index < -0.39 is 0 Å². The molecular formula is C23H25ClN4O4S2. The van der Waals surface area contributed by atoms with Crippen molar-refractivity contribution in [3.63, 3.8) is 0 Å². The lowest BCUT2D eigenvalue weighted by atomic mass is 10.1. The van der Waals surface area contributed by atoms with Gasteiger partial charge in [-0.25, -0.2) is 4.79 Å². The van der Waals surface area contributed by atoms with E-state index in [-0.39, 0.29) is 17.6 Å². The van der Waals surface area contributed by atoms with E-state index in [0.29, 0.717) is 45.5 Å². The summed E-state index contributed by atoms with van der Waals surface area (Å²) in [7, 11) is 1.59. The SMILES string of the molecule is CCOC(=O)c1c(NC(=O)CSc2nnc(-c3cc(Cl)ccc3OC)n2CC)sc2c1CCC2. The first-order valence-electron chi connectivity index (χ1n) is 11.0. The fraction of sp³-hybridized carbons (Fsp3) is 0.391. The van der Waals surface area contributed by atoms with Gasteiger partial charge in [-0.15, -0.1) is 21.5 Å². The first-order chi connectivity index (χ1) is 16.5. The van der Waals surface area contributed by atoms with Crippen molar-refractivity contribution in [3.05, 3.63) is 39.2 Å². The third-order valence-electron chi connectivity index (χ3n) is 5.42. The number of ether oxygens (including phenoxy) is 2. The van der Waals surface area contributed by atoms with Crippen LogP contribution in [0.25, 0.3) is 11.4 Å². The highest BCUT2D eigenvalue weighted by Crippen LogP contribution is 2.40. The van der Waals surface area contributed by atoms with E-state index in [1.54, 1.807) is 32.2 Å². The van der Waals surface area contributed by atoms with Gasteiger partial charge in [-0.3, -0.25) is 4.79 Å². The summed E-state index contributed by atoms with van der Waals surface area (Å²) in [6.45, 7) is 4.65. The van der Waals surface area contributed by atoms with Gasteiger partial charge in [-0.05, 0) is 56.9 Å². The highest BCUT2D eigenvalue weighted by atomic mass is 35.5. The van der Waals surface area contributed by atoms with Crippen LogP contribution in [0.3, 0.4) is 0 Å². The number of esters is 1. The number of nitrogens with one attached hydrogen (secondary N) is 1. The maximum absolute atomic E-state index is 12.8. The molecule has 0 aliphatic heterocycles. The first kappa shape index (κ1) is 24.6. The number of thiophene rings is 1. The molecule has 2 heterocycles. The first-order valence-corrected chi connectivity index (χ1v) is 13.2. The molecule has 0 saturated heterocycles. The molecule has 180 valence electrons. The third kappa shape index (κ3) is 4.94. The van der Waals surface area contributed by atoms with E-state index in [1.807, 2.05) is 11.5 Å². The van der Waals surface area contributed by atoms with Gasteiger partial charge in [0.05, 0.1) is 30.6 Å². The predicted molar refractivity (Wildman–Crippen MR) is 134 cm³/mol. The molecule has 11 heteroatoms. The van der Waals surface area contributed by atoms with E-state index in [0.717, 1.165) is 35.3 Å². The Morgan fingerprint density at radius 2 is 2.09 bits per heavy atom. The second-order valence-electron chi connectivity index (χ2n) is 7.51. The summed E-state index contributed by atoms with van der Waals surface area (Å²) in [6, 6.07) is 5.32. The lowest BCUT2D eigenvalue weighted by Crippen LogP contribution is -2.17. The summed E-state index contributed by atoms with van der Waals surface area (Å²) in [4.78, 5) is 26.5. The third-order valence-corrected chi connectivity index (χ3v) is 7.83. The lowest BCUT2D eigenvalue weighted by Gasteiger charge is -2.11. The molecule has 1 aromatic carbocycles. The Kier molecular flexibility index (Phi) is 7.80. The van der Waals surface area contributed by atoms with Crippen molar-refractivity contribution < 1.29 is 19.1 Å². The van der Waals surface area contributed by atoms with E-state index >= 15 is 0 Å². The molecule has 34 heavy (non-hydrogen) atoms. The average molecular weight is 521 g/mol. The van der Waals surface area contributed by atoms with Crippen LogP contribution in [-0.4, -0.2) is 46.1 Å². The number of aromatic nitrogens is 3. The van der Waals surface area contributed by atoms with Gasteiger partial charge in [0.1, 0.15) is 10.8 Å². The van der Waals surface area contributed by atoms with Gasteiger partial charge in [0.25, 0.3) is 0 Å². The minimum atomic E-state index is -0.379. The number of benzene rings is 1. The zero-order chi connectivity index (χ0) is 24.2. The molecule has 1 N–H and O–H groups in total. The number of hydrogen-bond acceptors (Lipinski definition) is 8. The Morgan fingerprint density at radius 1 is 1.26 bits per heavy atom. The van der Waals surface area contributed by atoms with Crippen LogP contribution in [0.2, 0.25) is 5.02 Å². The van der Waals surface area contributed by atoms with Crippen LogP contribution in [0.15, 0.2) is 23.4 Å². The van der Waals surface area contributed by atoms with E-state index in [4.69, 9.17) is 21.1 Å². The van der Waals surface area contributed by atoms with Gasteiger partial charge in [-0.1, -0.05) is 23.4 Å². The van der Waals surface area contributed by atoms with Crippen molar-refractivity contribution in [1.29, 1.82) is 0 Å². The molecule has 8 nitrogen and oxygen atoms in total. The number of carbonyl (C=O) groups excluding carboxylic acids is 2. The number of amides is 1. The van der Waals surface area contributed by atoms with Gasteiger partial charge in [-0.2, -0.15) is 0 Å². The molecule has 1 aliphatic rings. The Morgan fingerprint density at radius 3 is 2.82 bits per heavy atom. The number of nitrogens with zero attached hydrogens (tertiary/aromatic N) is 3. The fourth-order valence-corrected chi connectivity index (χ4v) is 6.21. The van der Waals surface area contributed by atoms with Gasteiger partial charge < -0.3 is 19.4 Å². The second kappa shape index (κ2) is 10.8. The normalized spacial score (nSPS) is 12.5. The van der Waals surface area contributed by atoms with Crippen molar-refractivity contribution in [2.45, 2.75) is 44.8 Å². The molecule has 0 fully saturated rings. The summed E-state index contributed by atoms with van der Waals surface area (Å²) in [5, 5.41) is 13.3. The molecule has 1 aliphatic carbocycles. The summed E-state index contributed by atoms with van der Waals surface area (Å²) in [5.74, 6) is 0.774. The topological polar surface area (TPSA) is 95.3 Å². The molecule has 3 aromatic rings. The number of rotatable bonds is 9. The smallest absolute Gasteiger partial charge is 0.341 e. The number of anilines is 1. The Balaban J connectivity index is 1.50. The van der Waals surface area contributed by atoms with Crippen LogP contribution >= 0.6 is 34.7 Å². The van der Waals surface area contributed by atoms with Gasteiger partial charge in [0.15, 0.2) is 11.0 Å². The average Bonchev–Trinajstić information content (AvgIpc) is 3.51. The Labute approximate surface area is 211 Å². The Hall–Kier alpha value is -2.56. The molecule has 0 unspecified atom stereocenters. The lowest BCUT2D eigenvalue weighted by molar-refractivity contribution is -0.113. The van der Waals surface area contributed by atoms with Crippen molar-refractivity contribution in [1.82, 2.24) is 14.8 Å². The van der Waals surface area contributed by atoms with E-state index in [1.165, 1.54) is 23.1 Å². The van der Waals surface area contributed by atoms with E-state index in [2.05, 4.69) is 15.5 Å². The number of carbonyl (C=O) groups is 2. The zero-order valence-electron chi connectivity index (χ0n) is 19.1. The van der Waals surface area contributed by atoms with Crippen LogP contribution in [0.5, 0.6) is 5.75 Å². The minimum Gasteiger partial charge on any atom is -0.496 e. The summed E-state index contributed by atoms with van der Waals surface area (Å²) in [5.41, 5.74) is 2.25. The Bertz CT molecular complexity index is 1220. The van der Waals surface area contributed by atoms with Crippen LogP contribution in [0.4, 0.5) is 5.00 Å². The van der Waals surface area contributed by atoms with Crippen molar-refractivity contribution in [2.75, 3.05) is 24.8 Å². The second-order valence-corrected chi connectivity index (χ2v) is 10.00.